The molecule has 0 unspecified atom stereocenters. The Bertz CT molecular complexity index is 956. The van der Waals surface area contributed by atoms with Gasteiger partial charge in [-0.15, -0.1) is 0 Å². The number of fused-ring (bicyclic) bond motifs is 1. The number of esters is 1. The summed E-state index contributed by atoms with van der Waals surface area (Å²) in [5.41, 5.74) is 3.52. The van der Waals surface area contributed by atoms with Crippen LogP contribution in [0.25, 0.3) is 11.0 Å². The van der Waals surface area contributed by atoms with Crippen LogP contribution in [0.2, 0.25) is 0 Å². The average Bonchev–Trinajstić information content (AvgIpc) is 3.02. The van der Waals surface area contributed by atoms with Gasteiger partial charge in [-0.2, -0.15) is 0 Å². The zero-order chi connectivity index (χ0) is 19.4. The van der Waals surface area contributed by atoms with Gasteiger partial charge in [0.25, 0.3) is 5.91 Å². The number of hydrogen-bond donors (Lipinski definition) is 1. The Morgan fingerprint density at radius 3 is 2.44 bits per heavy atom. The lowest BCUT2D eigenvalue weighted by molar-refractivity contribution is -0.125. The van der Waals surface area contributed by atoms with E-state index >= 15 is 0 Å². The number of nitrogens with one attached hydrogen (secondary N) is 1. The summed E-state index contributed by atoms with van der Waals surface area (Å²) in [4.78, 5) is 24.5. The molecule has 0 saturated heterocycles. The van der Waals surface area contributed by atoms with Crippen LogP contribution < -0.4 is 5.32 Å². The van der Waals surface area contributed by atoms with Crippen LogP contribution in [0, 0.1) is 13.8 Å². The molecule has 1 heterocycles. The van der Waals surface area contributed by atoms with Crippen LogP contribution in [0.3, 0.4) is 0 Å². The molecule has 0 fully saturated rings. The Kier molecular flexibility index (Phi) is 5.60. The van der Waals surface area contributed by atoms with Gasteiger partial charge in [0.15, 0.2) is 6.61 Å². The second-order valence-electron chi connectivity index (χ2n) is 6.57. The fourth-order valence-electron chi connectivity index (χ4n) is 3.02. The van der Waals surface area contributed by atoms with E-state index in [2.05, 4.69) is 5.32 Å². The number of benzene rings is 2. The Morgan fingerprint density at radius 1 is 1.07 bits per heavy atom. The van der Waals surface area contributed by atoms with E-state index in [0.717, 1.165) is 22.9 Å². The fourth-order valence-corrected chi connectivity index (χ4v) is 3.02. The van der Waals surface area contributed by atoms with E-state index in [1.807, 2.05) is 56.3 Å². The summed E-state index contributed by atoms with van der Waals surface area (Å²) in [6.07, 6.45) is 0.741. The van der Waals surface area contributed by atoms with Crippen molar-refractivity contribution in [2.75, 3.05) is 6.61 Å². The van der Waals surface area contributed by atoms with Crippen LogP contribution in [0.15, 0.2) is 52.9 Å². The molecule has 27 heavy (non-hydrogen) atoms. The number of amides is 1. The maximum atomic E-state index is 12.3. The maximum Gasteiger partial charge on any atom is 0.375 e. The molecule has 0 spiro atoms. The molecule has 0 radical (unpaired) electrons. The molecule has 5 heteroatoms. The van der Waals surface area contributed by atoms with Crippen LogP contribution in [0.5, 0.6) is 0 Å². The minimum Gasteiger partial charge on any atom is -0.450 e. The van der Waals surface area contributed by atoms with Crippen molar-refractivity contribution in [3.8, 4) is 0 Å². The monoisotopic (exact) mass is 365 g/mol. The topological polar surface area (TPSA) is 68.5 Å². The summed E-state index contributed by atoms with van der Waals surface area (Å²) in [5, 5.41) is 3.76. The lowest BCUT2D eigenvalue weighted by Gasteiger charge is -2.17. The molecule has 1 aromatic heterocycles. The summed E-state index contributed by atoms with van der Waals surface area (Å²) in [5.74, 6) is -0.846. The molecule has 0 aliphatic heterocycles. The zero-order valence-corrected chi connectivity index (χ0v) is 15.7. The van der Waals surface area contributed by atoms with Gasteiger partial charge in [-0.3, -0.25) is 4.79 Å². The minimum atomic E-state index is -0.637. The molecule has 0 aliphatic carbocycles. The van der Waals surface area contributed by atoms with Gasteiger partial charge in [0.1, 0.15) is 5.58 Å². The SMILES string of the molecule is CC[C@@H](NC(=O)COC(=O)c1oc2ccccc2c1C)c1ccc(C)cc1. The van der Waals surface area contributed by atoms with Gasteiger partial charge in [-0.25, -0.2) is 4.79 Å². The summed E-state index contributed by atoms with van der Waals surface area (Å²) in [6, 6.07) is 15.3. The highest BCUT2D eigenvalue weighted by Gasteiger charge is 2.20. The first-order valence-corrected chi connectivity index (χ1v) is 9.00. The standard InChI is InChI=1S/C22H23NO4/c1-4-18(16-11-9-14(2)10-12-16)23-20(24)13-26-22(25)21-15(3)17-7-5-6-8-19(17)27-21/h5-12,18H,4,13H2,1-3H3,(H,23,24)/t18-/m1/s1. The number of carbonyl (C=O) groups excluding carboxylic acids is 2. The van der Waals surface area contributed by atoms with Crippen molar-refractivity contribution in [3.05, 3.63) is 71.0 Å². The van der Waals surface area contributed by atoms with E-state index in [9.17, 15) is 9.59 Å². The number of furan rings is 1. The lowest BCUT2D eigenvalue weighted by atomic mass is 10.0. The van der Waals surface area contributed by atoms with E-state index in [1.54, 1.807) is 13.0 Å². The third-order valence-electron chi connectivity index (χ3n) is 4.59. The number of aryl methyl sites for hydroxylation is 2. The first-order valence-electron chi connectivity index (χ1n) is 9.00. The predicted molar refractivity (Wildman–Crippen MR) is 104 cm³/mol. The third-order valence-corrected chi connectivity index (χ3v) is 4.59. The van der Waals surface area contributed by atoms with E-state index in [4.69, 9.17) is 9.15 Å². The molecule has 3 rings (SSSR count). The Hall–Kier alpha value is -3.08. The Labute approximate surface area is 158 Å². The number of para-hydroxylation sites is 1. The summed E-state index contributed by atoms with van der Waals surface area (Å²) < 4.78 is 10.7. The molecule has 1 amide bonds. The molecule has 1 N–H and O–H groups in total. The van der Waals surface area contributed by atoms with Crippen molar-refractivity contribution >= 4 is 22.8 Å². The van der Waals surface area contributed by atoms with Crippen LogP contribution in [0.4, 0.5) is 0 Å². The highest BCUT2D eigenvalue weighted by molar-refractivity contribution is 5.96. The molecule has 140 valence electrons. The number of carbonyl (C=O) groups is 2. The number of rotatable bonds is 6. The van der Waals surface area contributed by atoms with Crippen LogP contribution in [-0.2, 0) is 9.53 Å². The molecule has 3 aromatic rings. The molecule has 1 atom stereocenters. The largest absolute Gasteiger partial charge is 0.450 e. The third kappa shape index (κ3) is 4.19. The van der Waals surface area contributed by atoms with Crippen LogP contribution in [-0.4, -0.2) is 18.5 Å². The second kappa shape index (κ2) is 8.08. The van der Waals surface area contributed by atoms with E-state index in [0.29, 0.717) is 11.1 Å². The van der Waals surface area contributed by atoms with Gasteiger partial charge in [0.2, 0.25) is 5.76 Å². The molecule has 2 aromatic carbocycles. The first-order chi connectivity index (χ1) is 13.0. The Balaban J connectivity index is 1.61. The van der Waals surface area contributed by atoms with Crippen molar-refractivity contribution in [2.45, 2.75) is 33.2 Å². The zero-order valence-electron chi connectivity index (χ0n) is 15.7. The van der Waals surface area contributed by atoms with Gasteiger partial charge >= 0.3 is 5.97 Å². The number of ether oxygens (including phenoxy) is 1. The summed E-state index contributed by atoms with van der Waals surface area (Å²) in [6.45, 7) is 5.46. The van der Waals surface area contributed by atoms with Crippen LogP contribution in [0.1, 0.15) is 46.6 Å². The molecular weight excluding hydrogens is 342 g/mol. The van der Waals surface area contributed by atoms with Crippen molar-refractivity contribution in [3.63, 3.8) is 0 Å². The minimum absolute atomic E-state index is 0.121. The molecular formula is C22H23NO4. The Morgan fingerprint density at radius 2 is 1.78 bits per heavy atom. The molecule has 5 nitrogen and oxygen atoms in total. The van der Waals surface area contributed by atoms with E-state index in [1.165, 1.54) is 0 Å². The van der Waals surface area contributed by atoms with Crippen molar-refractivity contribution in [1.29, 1.82) is 0 Å². The summed E-state index contributed by atoms with van der Waals surface area (Å²) in [7, 11) is 0. The molecule has 0 aliphatic rings. The number of hydrogen-bond acceptors (Lipinski definition) is 4. The lowest BCUT2D eigenvalue weighted by Crippen LogP contribution is -2.32. The van der Waals surface area contributed by atoms with Gasteiger partial charge in [-0.05, 0) is 31.9 Å². The molecule has 0 saturated carbocycles. The first kappa shape index (κ1) is 18.7. The van der Waals surface area contributed by atoms with Gasteiger partial charge in [-0.1, -0.05) is 55.0 Å². The quantitative estimate of drug-likeness (QED) is 0.654. The second-order valence-corrected chi connectivity index (χ2v) is 6.57. The maximum absolute atomic E-state index is 12.3. The predicted octanol–water partition coefficient (Wildman–Crippen LogP) is 4.47. The smallest absolute Gasteiger partial charge is 0.375 e. The van der Waals surface area contributed by atoms with Crippen LogP contribution >= 0.6 is 0 Å². The van der Waals surface area contributed by atoms with Crippen molar-refractivity contribution in [1.82, 2.24) is 5.32 Å². The van der Waals surface area contributed by atoms with Gasteiger partial charge < -0.3 is 14.5 Å². The normalized spacial score (nSPS) is 12.0. The van der Waals surface area contributed by atoms with E-state index in [-0.39, 0.29) is 24.3 Å². The van der Waals surface area contributed by atoms with Crippen molar-refractivity contribution < 1.29 is 18.7 Å². The molecule has 0 bridgehead atoms. The fraction of sp³-hybridized carbons (Fsp3) is 0.273. The average molecular weight is 365 g/mol. The highest BCUT2D eigenvalue weighted by atomic mass is 16.5. The van der Waals surface area contributed by atoms with Gasteiger partial charge in [0.05, 0.1) is 6.04 Å². The highest BCUT2D eigenvalue weighted by Crippen LogP contribution is 2.25. The van der Waals surface area contributed by atoms with Gasteiger partial charge in [0, 0.05) is 10.9 Å². The van der Waals surface area contributed by atoms with E-state index < -0.39 is 5.97 Å². The van der Waals surface area contributed by atoms with Crippen molar-refractivity contribution in [2.24, 2.45) is 0 Å². The summed E-state index contributed by atoms with van der Waals surface area (Å²) >= 11 is 0.